The Kier molecular flexibility index (Phi) is 3.84. The van der Waals surface area contributed by atoms with E-state index in [-0.39, 0.29) is 0 Å². The molecule has 0 bridgehead atoms. The average molecular weight is 365 g/mol. The van der Waals surface area contributed by atoms with Crippen LogP contribution in [0.2, 0.25) is 0 Å². The van der Waals surface area contributed by atoms with Gasteiger partial charge in [-0.1, -0.05) is 29.8 Å². The minimum Gasteiger partial charge on any atom is -0.367 e. The van der Waals surface area contributed by atoms with E-state index in [2.05, 4.69) is 53.6 Å². The molecular weight excluding hydrogens is 346 g/mol. The highest BCUT2D eigenvalue weighted by Gasteiger charge is 2.22. The minimum atomic E-state index is 0.543. The number of rotatable bonds is 4. The summed E-state index contributed by atoms with van der Waals surface area (Å²) >= 11 is 0. The molecule has 0 atom stereocenters. The molecule has 1 saturated carbocycles. The maximum Gasteiger partial charge on any atom is 0.126 e. The third kappa shape index (κ3) is 2.99. The summed E-state index contributed by atoms with van der Waals surface area (Å²) in [6, 6.07) is 19.0. The first-order chi connectivity index (χ1) is 13.7. The largest absolute Gasteiger partial charge is 0.367 e. The number of nitrogens with one attached hydrogen (secondary N) is 1. The molecule has 1 fully saturated rings. The normalized spacial score (nSPS) is 13.4. The molecule has 0 radical (unpaired) electrons. The molecule has 5 heteroatoms. The zero-order valence-electron chi connectivity index (χ0n) is 15.6. The molecule has 1 aromatic carbocycles. The molecule has 0 saturated heterocycles. The summed E-state index contributed by atoms with van der Waals surface area (Å²) in [5.74, 6) is 0.892. The van der Waals surface area contributed by atoms with Crippen LogP contribution in [-0.4, -0.2) is 20.6 Å². The lowest BCUT2D eigenvalue weighted by Crippen LogP contribution is -2.02. The number of nitriles is 1. The number of fused-ring (bicyclic) bond motifs is 1. The van der Waals surface area contributed by atoms with E-state index < -0.39 is 0 Å². The Hall–Kier alpha value is -3.65. The summed E-state index contributed by atoms with van der Waals surface area (Å²) in [7, 11) is 0. The van der Waals surface area contributed by atoms with Crippen LogP contribution in [0.15, 0.2) is 60.9 Å². The van der Waals surface area contributed by atoms with E-state index in [0.717, 1.165) is 33.7 Å². The number of hydrogen-bond donors (Lipinski definition) is 1. The summed E-state index contributed by atoms with van der Waals surface area (Å²) < 4.78 is 1.80. The van der Waals surface area contributed by atoms with Gasteiger partial charge in [0.15, 0.2) is 0 Å². The monoisotopic (exact) mass is 365 g/mol. The zero-order chi connectivity index (χ0) is 19.1. The Bertz CT molecular complexity index is 1210. The quantitative estimate of drug-likeness (QED) is 0.563. The van der Waals surface area contributed by atoms with Crippen LogP contribution >= 0.6 is 0 Å². The fourth-order valence-corrected chi connectivity index (χ4v) is 3.42. The van der Waals surface area contributed by atoms with Gasteiger partial charge in [-0.05, 0) is 49.6 Å². The molecule has 0 amide bonds. The van der Waals surface area contributed by atoms with Crippen molar-refractivity contribution in [2.45, 2.75) is 25.8 Å². The summed E-state index contributed by atoms with van der Waals surface area (Å²) in [5, 5.41) is 17.6. The van der Waals surface area contributed by atoms with Gasteiger partial charge in [-0.25, -0.2) is 9.50 Å². The summed E-state index contributed by atoms with van der Waals surface area (Å²) in [6.45, 7) is 2.08. The first-order valence-corrected chi connectivity index (χ1v) is 9.44. The van der Waals surface area contributed by atoms with Crippen LogP contribution in [0.25, 0.3) is 27.9 Å². The van der Waals surface area contributed by atoms with Crippen molar-refractivity contribution in [1.29, 1.82) is 5.26 Å². The lowest BCUT2D eigenvalue weighted by molar-refractivity contribution is 0.962. The van der Waals surface area contributed by atoms with Crippen LogP contribution in [0.5, 0.6) is 0 Å². The Labute approximate surface area is 163 Å². The van der Waals surface area contributed by atoms with E-state index >= 15 is 0 Å². The summed E-state index contributed by atoms with van der Waals surface area (Å²) in [5.41, 5.74) is 6.83. The third-order valence-corrected chi connectivity index (χ3v) is 5.06. The van der Waals surface area contributed by atoms with Gasteiger partial charge >= 0.3 is 0 Å². The van der Waals surface area contributed by atoms with Crippen molar-refractivity contribution in [3.8, 4) is 28.5 Å². The number of pyridine rings is 2. The highest BCUT2D eigenvalue weighted by Crippen LogP contribution is 2.36. The van der Waals surface area contributed by atoms with E-state index in [1.165, 1.54) is 18.4 Å². The van der Waals surface area contributed by atoms with Gasteiger partial charge in [-0.15, -0.1) is 0 Å². The lowest BCUT2D eigenvalue weighted by Gasteiger charge is -2.08. The van der Waals surface area contributed by atoms with E-state index in [1.54, 1.807) is 10.7 Å². The second kappa shape index (κ2) is 6.50. The molecule has 5 nitrogen and oxygen atoms in total. The van der Waals surface area contributed by atoms with Gasteiger partial charge in [-0.3, -0.25) is 0 Å². The molecule has 1 N–H and O–H groups in total. The molecule has 0 spiro atoms. The smallest absolute Gasteiger partial charge is 0.126 e. The van der Waals surface area contributed by atoms with Gasteiger partial charge in [-0.2, -0.15) is 10.4 Å². The van der Waals surface area contributed by atoms with Gasteiger partial charge in [0.05, 0.1) is 11.1 Å². The number of benzene rings is 1. The SMILES string of the molecule is Cc1ccc(-c2nn3cc(C#N)ccc3c2-c2ccnc(NC3CC3)c2)cc1. The fraction of sp³-hybridized carbons (Fsp3) is 0.174. The first-order valence-electron chi connectivity index (χ1n) is 9.44. The highest BCUT2D eigenvalue weighted by atomic mass is 15.2. The summed E-state index contributed by atoms with van der Waals surface area (Å²) in [4.78, 5) is 4.47. The van der Waals surface area contributed by atoms with Gasteiger partial charge < -0.3 is 5.32 Å². The van der Waals surface area contributed by atoms with E-state index in [0.29, 0.717) is 11.6 Å². The Morgan fingerprint density at radius 1 is 1.07 bits per heavy atom. The fourth-order valence-electron chi connectivity index (χ4n) is 3.42. The Morgan fingerprint density at radius 3 is 2.64 bits per heavy atom. The lowest BCUT2D eigenvalue weighted by atomic mass is 9.99. The van der Waals surface area contributed by atoms with Crippen LogP contribution in [0.4, 0.5) is 5.82 Å². The maximum atomic E-state index is 9.26. The minimum absolute atomic E-state index is 0.543. The van der Waals surface area contributed by atoms with Crippen molar-refractivity contribution >= 4 is 11.3 Å². The summed E-state index contributed by atoms with van der Waals surface area (Å²) in [6.07, 6.45) is 6.02. The average Bonchev–Trinajstić information content (AvgIpc) is 3.45. The van der Waals surface area contributed by atoms with Crippen molar-refractivity contribution in [3.63, 3.8) is 0 Å². The van der Waals surface area contributed by atoms with Crippen LogP contribution in [0.3, 0.4) is 0 Å². The standard InChI is InChI=1S/C23H19N5/c1-15-2-5-17(6-3-15)23-22(20-9-4-16(13-24)14-28(20)27-23)18-10-11-25-21(12-18)26-19-7-8-19/h2-6,9-12,14,19H,7-8H2,1H3,(H,25,26). The molecule has 3 aromatic heterocycles. The van der Waals surface area contributed by atoms with Crippen LogP contribution in [-0.2, 0) is 0 Å². The van der Waals surface area contributed by atoms with E-state index in [1.807, 2.05) is 24.4 Å². The third-order valence-electron chi connectivity index (χ3n) is 5.06. The van der Waals surface area contributed by atoms with Gasteiger partial charge in [0.2, 0.25) is 0 Å². The zero-order valence-corrected chi connectivity index (χ0v) is 15.6. The molecule has 0 aliphatic heterocycles. The Morgan fingerprint density at radius 2 is 1.89 bits per heavy atom. The van der Waals surface area contributed by atoms with Gasteiger partial charge in [0.1, 0.15) is 17.6 Å². The van der Waals surface area contributed by atoms with Crippen LogP contribution in [0, 0.1) is 18.3 Å². The number of anilines is 1. The van der Waals surface area contributed by atoms with Gasteiger partial charge in [0.25, 0.3) is 0 Å². The first kappa shape index (κ1) is 16.5. The number of aryl methyl sites for hydroxylation is 1. The van der Waals surface area contributed by atoms with Crippen molar-refractivity contribution in [2.75, 3.05) is 5.32 Å². The number of nitrogens with zero attached hydrogens (tertiary/aromatic N) is 4. The molecule has 28 heavy (non-hydrogen) atoms. The molecule has 136 valence electrons. The number of hydrogen-bond acceptors (Lipinski definition) is 4. The molecule has 5 rings (SSSR count). The van der Waals surface area contributed by atoms with Crippen molar-refractivity contribution in [1.82, 2.24) is 14.6 Å². The highest BCUT2D eigenvalue weighted by molar-refractivity contribution is 5.92. The molecule has 3 heterocycles. The molecule has 1 aliphatic carbocycles. The molecule has 4 aromatic rings. The van der Waals surface area contributed by atoms with Crippen molar-refractivity contribution in [3.05, 3.63) is 72.1 Å². The molecule has 1 aliphatic rings. The molecular formula is C23H19N5. The van der Waals surface area contributed by atoms with Crippen molar-refractivity contribution in [2.24, 2.45) is 0 Å². The second-order valence-corrected chi connectivity index (χ2v) is 7.30. The molecule has 0 unspecified atom stereocenters. The van der Waals surface area contributed by atoms with E-state index in [9.17, 15) is 5.26 Å². The second-order valence-electron chi connectivity index (χ2n) is 7.30. The van der Waals surface area contributed by atoms with E-state index in [4.69, 9.17) is 5.10 Å². The van der Waals surface area contributed by atoms with Gasteiger partial charge in [0, 0.05) is 29.6 Å². The maximum absolute atomic E-state index is 9.26. The van der Waals surface area contributed by atoms with Crippen LogP contribution in [0.1, 0.15) is 24.0 Å². The number of aromatic nitrogens is 3. The predicted octanol–water partition coefficient (Wildman–Crippen LogP) is 4.82. The topological polar surface area (TPSA) is 66.0 Å². The Balaban J connectivity index is 1.72. The van der Waals surface area contributed by atoms with Crippen molar-refractivity contribution < 1.29 is 0 Å². The predicted molar refractivity (Wildman–Crippen MR) is 110 cm³/mol. The van der Waals surface area contributed by atoms with Crippen LogP contribution < -0.4 is 5.32 Å².